The fraction of sp³-hybridized carbons (Fsp3) is 0.231. The summed E-state index contributed by atoms with van der Waals surface area (Å²) in [6.07, 6.45) is 2.87. The van der Waals surface area contributed by atoms with Gasteiger partial charge in [-0.25, -0.2) is 9.18 Å². The van der Waals surface area contributed by atoms with Gasteiger partial charge in [0.15, 0.2) is 0 Å². The number of benzene rings is 1. The summed E-state index contributed by atoms with van der Waals surface area (Å²) in [5, 5.41) is 14.7. The molecule has 1 aromatic carbocycles. The predicted octanol–water partition coefficient (Wildman–Crippen LogP) is 2.31. The predicted molar refractivity (Wildman–Crippen MR) is 71.2 cm³/mol. The molecule has 8 heteroatoms. The van der Waals surface area contributed by atoms with Crippen molar-refractivity contribution < 1.29 is 18.8 Å². The second kappa shape index (κ2) is 5.70. The number of hydrogen-bond donors (Lipinski definition) is 0. The molecular formula is C13H12FN3O4. The van der Waals surface area contributed by atoms with Crippen LogP contribution in [0.4, 0.5) is 10.1 Å². The van der Waals surface area contributed by atoms with Crippen molar-refractivity contribution >= 4 is 11.7 Å². The molecule has 110 valence electrons. The van der Waals surface area contributed by atoms with Crippen molar-refractivity contribution in [2.24, 2.45) is 7.05 Å². The topological polar surface area (TPSA) is 87.3 Å². The summed E-state index contributed by atoms with van der Waals surface area (Å²) in [7, 11) is 1.64. The summed E-state index contributed by atoms with van der Waals surface area (Å²) in [6, 6.07) is 1.77. The Morgan fingerprint density at radius 3 is 2.76 bits per heavy atom. The number of nitro groups is 1. The third-order valence-corrected chi connectivity index (χ3v) is 2.77. The van der Waals surface area contributed by atoms with Crippen LogP contribution in [0.25, 0.3) is 11.1 Å². The lowest BCUT2D eigenvalue weighted by molar-refractivity contribution is -0.385. The molecule has 0 fully saturated rings. The quantitative estimate of drug-likeness (QED) is 0.490. The van der Waals surface area contributed by atoms with E-state index in [1.54, 1.807) is 14.0 Å². The fourth-order valence-electron chi connectivity index (χ4n) is 1.91. The van der Waals surface area contributed by atoms with Gasteiger partial charge < -0.3 is 4.74 Å². The molecule has 1 aromatic heterocycles. The molecular weight excluding hydrogens is 281 g/mol. The number of carbonyl (C=O) groups excluding carboxylic acids is 1. The smallest absolute Gasteiger partial charge is 0.339 e. The van der Waals surface area contributed by atoms with Gasteiger partial charge in [-0.2, -0.15) is 5.10 Å². The van der Waals surface area contributed by atoms with Crippen molar-refractivity contribution in [3.63, 3.8) is 0 Å². The number of esters is 1. The first-order chi connectivity index (χ1) is 9.93. The van der Waals surface area contributed by atoms with Gasteiger partial charge in [0.1, 0.15) is 5.82 Å². The summed E-state index contributed by atoms with van der Waals surface area (Å²) < 4.78 is 20.5. The number of ether oxygens (including phenoxy) is 1. The van der Waals surface area contributed by atoms with Crippen LogP contribution in [-0.2, 0) is 11.8 Å². The maximum Gasteiger partial charge on any atom is 0.339 e. The van der Waals surface area contributed by atoms with Crippen LogP contribution in [0.1, 0.15) is 17.3 Å². The Labute approximate surface area is 119 Å². The molecule has 2 aromatic rings. The molecule has 2 rings (SSSR count). The fourth-order valence-corrected chi connectivity index (χ4v) is 1.91. The number of nitrogens with zero attached hydrogens (tertiary/aromatic N) is 3. The van der Waals surface area contributed by atoms with E-state index < -0.39 is 22.4 Å². The molecule has 0 unspecified atom stereocenters. The molecule has 0 saturated carbocycles. The van der Waals surface area contributed by atoms with Gasteiger partial charge in [0.25, 0.3) is 5.69 Å². The molecule has 0 spiro atoms. The number of nitro benzene ring substituents is 1. The summed E-state index contributed by atoms with van der Waals surface area (Å²) in [4.78, 5) is 22.0. The third kappa shape index (κ3) is 2.88. The number of carbonyl (C=O) groups is 1. The lowest BCUT2D eigenvalue weighted by Crippen LogP contribution is -2.08. The van der Waals surface area contributed by atoms with Crippen molar-refractivity contribution in [1.82, 2.24) is 9.78 Å². The molecule has 0 atom stereocenters. The van der Waals surface area contributed by atoms with Gasteiger partial charge in [0, 0.05) is 30.4 Å². The minimum atomic E-state index is -0.875. The van der Waals surface area contributed by atoms with Crippen molar-refractivity contribution in [2.75, 3.05) is 6.61 Å². The van der Waals surface area contributed by atoms with E-state index >= 15 is 0 Å². The molecule has 21 heavy (non-hydrogen) atoms. The minimum absolute atomic E-state index is 0.0628. The molecule has 1 heterocycles. The van der Waals surface area contributed by atoms with Crippen LogP contribution >= 0.6 is 0 Å². The lowest BCUT2D eigenvalue weighted by Gasteiger charge is -2.08. The largest absolute Gasteiger partial charge is 0.462 e. The van der Waals surface area contributed by atoms with Crippen LogP contribution in [0.2, 0.25) is 0 Å². The van der Waals surface area contributed by atoms with Gasteiger partial charge in [-0.1, -0.05) is 0 Å². The lowest BCUT2D eigenvalue weighted by atomic mass is 10.0. The zero-order valence-electron chi connectivity index (χ0n) is 11.4. The van der Waals surface area contributed by atoms with Crippen molar-refractivity contribution in [3.8, 4) is 11.1 Å². The van der Waals surface area contributed by atoms with E-state index in [9.17, 15) is 19.3 Å². The van der Waals surface area contributed by atoms with Crippen LogP contribution < -0.4 is 0 Å². The maximum absolute atomic E-state index is 14.2. The first-order valence-electron chi connectivity index (χ1n) is 6.08. The number of hydrogen-bond acceptors (Lipinski definition) is 5. The van der Waals surface area contributed by atoms with E-state index in [2.05, 4.69) is 5.10 Å². The summed E-state index contributed by atoms with van der Waals surface area (Å²) in [6.45, 7) is 1.67. The average Bonchev–Trinajstić information content (AvgIpc) is 2.84. The number of non-ortho nitro benzene ring substituents is 1. The summed E-state index contributed by atoms with van der Waals surface area (Å²) in [5.74, 6) is -1.70. The average molecular weight is 293 g/mol. The van der Waals surface area contributed by atoms with Gasteiger partial charge in [-0.05, 0) is 6.92 Å². The van der Waals surface area contributed by atoms with Gasteiger partial charge in [0.05, 0.1) is 29.4 Å². The molecule has 0 radical (unpaired) electrons. The zero-order valence-corrected chi connectivity index (χ0v) is 11.4. The number of rotatable bonds is 4. The van der Waals surface area contributed by atoms with Crippen molar-refractivity contribution in [3.05, 3.63) is 46.0 Å². The van der Waals surface area contributed by atoms with E-state index in [4.69, 9.17) is 4.74 Å². The molecule has 0 amide bonds. The third-order valence-electron chi connectivity index (χ3n) is 2.77. The van der Waals surface area contributed by atoms with Crippen LogP contribution in [-0.4, -0.2) is 27.3 Å². The molecule has 0 aliphatic heterocycles. The van der Waals surface area contributed by atoms with Gasteiger partial charge >= 0.3 is 5.97 Å². The normalized spacial score (nSPS) is 10.4. The summed E-state index contributed by atoms with van der Waals surface area (Å²) >= 11 is 0. The highest BCUT2D eigenvalue weighted by Crippen LogP contribution is 2.31. The van der Waals surface area contributed by atoms with Crippen molar-refractivity contribution in [1.29, 1.82) is 0 Å². The molecule has 7 nitrogen and oxygen atoms in total. The standard InChI is InChI=1S/C13H12FN3O4/c1-3-21-13(18)10-4-9(17(19)20)5-11(14)12(10)8-6-15-16(2)7-8/h4-7H,3H2,1-2H3. The maximum atomic E-state index is 14.2. The van der Waals surface area contributed by atoms with E-state index in [-0.39, 0.29) is 17.7 Å². The number of halogens is 1. The zero-order chi connectivity index (χ0) is 15.6. The Morgan fingerprint density at radius 2 is 2.24 bits per heavy atom. The Bertz CT molecular complexity index is 711. The van der Waals surface area contributed by atoms with Crippen LogP contribution in [0.5, 0.6) is 0 Å². The molecule has 0 aliphatic rings. The van der Waals surface area contributed by atoms with E-state index in [1.807, 2.05) is 0 Å². The van der Waals surface area contributed by atoms with Crippen molar-refractivity contribution in [2.45, 2.75) is 6.92 Å². The van der Waals surface area contributed by atoms with Gasteiger partial charge in [-0.15, -0.1) is 0 Å². The highest BCUT2D eigenvalue weighted by molar-refractivity contribution is 5.98. The highest BCUT2D eigenvalue weighted by Gasteiger charge is 2.24. The second-order valence-corrected chi connectivity index (χ2v) is 4.23. The molecule has 0 aliphatic carbocycles. The SMILES string of the molecule is CCOC(=O)c1cc([N+](=O)[O-])cc(F)c1-c1cnn(C)c1. The molecule has 0 saturated heterocycles. The molecule has 0 N–H and O–H groups in total. The second-order valence-electron chi connectivity index (χ2n) is 4.23. The molecule has 0 bridgehead atoms. The van der Waals surface area contributed by atoms with Crippen LogP contribution in [0, 0.1) is 15.9 Å². The number of aromatic nitrogens is 2. The van der Waals surface area contributed by atoms with Gasteiger partial charge in [0.2, 0.25) is 0 Å². The Kier molecular flexibility index (Phi) is 3.97. The van der Waals surface area contributed by atoms with Crippen LogP contribution in [0.3, 0.4) is 0 Å². The Morgan fingerprint density at radius 1 is 1.52 bits per heavy atom. The van der Waals surface area contributed by atoms with Gasteiger partial charge in [-0.3, -0.25) is 14.8 Å². The Balaban J connectivity index is 2.67. The first kappa shape index (κ1) is 14.6. The Hall–Kier alpha value is -2.77. The van der Waals surface area contributed by atoms with Crippen LogP contribution in [0.15, 0.2) is 24.5 Å². The van der Waals surface area contributed by atoms with E-state index in [0.29, 0.717) is 5.56 Å². The highest BCUT2D eigenvalue weighted by atomic mass is 19.1. The summed E-state index contributed by atoms with van der Waals surface area (Å²) in [5.41, 5.74) is -0.431. The number of aryl methyl sites for hydroxylation is 1. The van der Waals surface area contributed by atoms with E-state index in [0.717, 1.165) is 12.1 Å². The minimum Gasteiger partial charge on any atom is -0.462 e. The monoisotopic (exact) mass is 293 g/mol. The first-order valence-corrected chi connectivity index (χ1v) is 6.08. The van der Waals surface area contributed by atoms with E-state index in [1.165, 1.54) is 17.1 Å².